The van der Waals surface area contributed by atoms with Crippen LogP contribution in [0.15, 0.2) is 27.7 Å². The Morgan fingerprint density at radius 3 is 2.64 bits per heavy atom. The molecule has 0 saturated carbocycles. The van der Waals surface area contributed by atoms with Crippen LogP contribution in [0.4, 0.5) is 9.93 Å². The van der Waals surface area contributed by atoms with Gasteiger partial charge < -0.3 is 15.2 Å². The fourth-order valence-corrected chi connectivity index (χ4v) is 3.82. The number of nitrogens with zero attached hydrogens (tertiary/aromatic N) is 2. The van der Waals surface area contributed by atoms with Crippen molar-refractivity contribution in [1.82, 2.24) is 9.88 Å². The highest BCUT2D eigenvalue weighted by atomic mass is 79.9. The van der Waals surface area contributed by atoms with Crippen LogP contribution in [0.5, 0.6) is 16.6 Å². The summed E-state index contributed by atoms with van der Waals surface area (Å²) in [7, 11) is 2.96. The lowest BCUT2D eigenvalue weighted by Gasteiger charge is -2.11. The Morgan fingerprint density at radius 1 is 1.32 bits per heavy atom. The van der Waals surface area contributed by atoms with E-state index < -0.39 is 0 Å². The summed E-state index contributed by atoms with van der Waals surface area (Å²) in [4.78, 5) is 29.0. The molecule has 0 atom stereocenters. The second-order valence-corrected chi connectivity index (χ2v) is 7.76. The first-order valence-electron chi connectivity index (χ1n) is 6.87. The molecule has 1 aliphatic heterocycles. The molecular formula is C15H12BrN3O4S2. The van der Waals surface area contributed by atoms with Crippen molar-refractivity contribution in [2.75, 3.05) is 19.9 Å². The lowest BCUT2D eigenvalue weighted by molar-refractivity contribution is -0.121. The van der Waals surface area contributed by atoms with Gasteiger partial charge in [-0.05, 0) is 35.5 Å². The van der Waals surface area contributed by atoms with Crippen molar-refractivity contribution < 1.29 is 19.1 Å². The highest BCUT2D eigenvalue weighted by Crippen LogP contribution is 2.40. The molecule has 1 aromatic heterocycles. The molecule has 10 heteroatoms. The predicted octanol–water partition coefficient (Wildman–Crippen LogP) is 3.95. The van der Waals surface area contributed by atoms with E-state index in [1.54, 1.807) is 18.2 Å². The van der Waals surface area contributed by atoms with Gasteiger partial charge >= 0.3 is 0 Å². The summed E-state index contributed by atoms with van der Waals surface area (Å²) in [6.45, 7) is 0. The molecule has 130 valence electrons. The molecule has 2 heterocycles. The second kappa shape index (κ2) is 7.06. The SMILES string of the molecule is COc1cc(/C=C2\SC(=O)N(C)C2=O)c(Br)cc1Oc1cnc(N)s1. The molecule has 0 unspecified atom stereocenters. The fourth-order valence-electron chi connectivity index (χ4n) is 2.02. The molecule has 2 aromatic rings. The van der Waals surface area contributed by atoms with E-state index in [1.165, 1.54) is 31.7 Å². The minimum Gasteiger partial charge on any atom is -0.493 e. The molecule has 1 saturated heterocycles. The maximum Gasteiger partial charge on any atom is 0.293 e. The number of carbonyl (C=O) groups is 2. The molecule has 0 radical (unpaired) electrons. The highest BCUT2D eigenvalue weighted by molar-refractivity contribution is 9.10. The van der Waals surface area contributed by atoms with Gasteiger partial charge in [-0.15, -0.1) is 0 Å². The first kappa shape index (κ1) is 17.8. The molecule has 3 rings (SSSR count). The molecule has 1 fully saturated rings. The van der Waals surface area contributed by atoms with E-state index in [1.807, 2.05) is 0 Å². The minimum atomic E-state index is -0.332. The molecule has 0 bridgehead atoms. The van der Waals surface area contributed by atoms with Crippen LogP contribution in [-0.4, -0.2) is 35.2 Å². The van der Waals surface area contributed by atoms with Gasteiger partial charge in [0.1, 0.15) is 0 Å². The van der Waals surface area contributed by atoms with E-state index in [4.69, 9.17) is 15.2 Å². The van der Waals surface area contributed by atoms with Crippen LogP contribution < -0.4 is 15.2 Å². The van der Waals surface area contributed by atoms with Gasteiger partial charge in [-0.1, -0.05) is 27.3 Å². The first-order chi connectivity index (χ1) is 11.9. The van der Waals surface area contributed by atoms with Crippen LogP contribution in [0, 0.1) is 0 Å². The Balaban J connectivity index is 1.94. The lowest BCUT2D eigenvalue weighted by Crippen LogP contribution is -2.22. The smallest absolute Gasteiger partial charge is 0.293 e. The van der Waals surface area contributed by atoms with E-state index in [2.05, 4.69) is 20.9 Å². The largest absolute Gasteiger partial charge is 0.493 e. The van der Waals surface area contributed by atoms with Crippen molar-refractivity contribution in [3.05, 3.63) is 33.3 Å². The Labute approximate surface area is 159 Å². The van der Waals surface area contributed by atoms with E-state index in [-0.39, 0.29) is 11.1 Å². The molecule has 1 aromatic carbocycles. The number of thiazole rings is 1. The van der Waals surface area contributed by atoms with Gasteiger partial charge in [-0.2, -0.15) is 0 Å². The Bertz CT molecular complexity index is 897. The number of amides is 2. The number of hydrogen-bond acceptors (Lipinski definition) is 8. The summed E-state index contributed by atoms with van der Waals surface area (Å²) >= 11 is 5.55. The van der Waals surface area contributed by atoms with Crippen molar-refractivity contribution in [3.8, 4) is 16.6 Å². The standard InChI is InChI=1S/C15H12BrN3O4S2/c1-19-13(20)11(24-15(19)21)4-7-3-9(22-2)10(5-8(7)16)23-12-6-18-14(17)25-12/h3-6H,1-2H3,(H2,17,18)/b11-4-. The number of benzene rings is 1. The number of aromatic nitrogens is 1. The van der Waals surface area contributed by atoms with E-state index in [0.717, 1.165) is 16.7 Å². The van der Waals surface area contributed by atoms with E-state index in [0.29, 0.717) is 36.6 Å². The van der Waals surface area contributed by atoms with Crippen LogP contribution in [0.2, 0.25) is 0 Å². The van der Waals surface area contributed by atoms with Crippen LogP contribution in [0.25, 0.3) is 6.08 Å². The normalized spacial score (nSPS) is 16.0. The number of carbonyl (C=O) groups excluding carboxylic acids is 2. The summed E-state index contributed by atoms with van der Waals surface area (Å²) < 4.78 is 11.8. The van der Waals surface area contributed by atoms with Gasteiger partial charge in [0.15, 0.2) is 16.6 Å². The Hall–Kier alpha value is -2.04. The first-order valence-corrected chi connectivity index (χ1v) is 9.30. The van der Waals surface area contributed by atoms with Gasteiger partial charge in [-0.25, -0.2) is 4.98 Å². The zero-order chi connectivity index (χ0) is 18.1. The summed E-state index contributed by atoms with van der Waals surface area (Å²) in [5.41, 5.74) is 6.28. The number of anilines is 1. The number of ether oxygens (including phenoxy) is 2. The number of thioether (sulfide) groups is 1. The Kier molecular flexibility index (Phi) is 5.02. The molecule has 25 heavy (non-hydrogen) atoms. The monoisotopic (exact) mass is 441 g/mol. The molecular weight excluding hydrogens is 430 g/mol. The number of likely N-dealkylation sites (N-methyl/N-ethyl adjacent to an activating group) is 1. The fraction of sp³-hybridized carbons (Fsp3) is 0.133. The third-order valence-electron chi connectivity index (χ3n) is 3.27. The number of hydrogen-bond donors (Lipinski definition) is 1. The number of nitrogens with two attached hydrogens (primary N) is 1. The van der Waals surface area contributed by atoms with Gasteiger partial charge in [0.2, 0.25) is 5.06 Å². The average molecular weight is 442 g/mol. The maximum absolute atomic E-state index is 12.0. The zero-order valence-corrected chi connectivity index (χ0v) is 16.3. The minimum absolute atomic E-state index is 0.304. The van der Waals surface area contributed by atoms with Crippen molar-refractivity contribution in [1.29, 1.82) is 0 Å². The summed E-state index contributed by atoms with van der Waals surface area (Å²) in [6, 6.07) is 3.43. The van der Waals surface area contributed by atoms with Crippen molar-refractivity contribution >= 4 is 61.4 Å². The average Bonchev–Trinajstić information content (AvgIpc) is 3.08. The molecule has 0 aliphatic carbocycles. The number of methoxy groups -OCH3 is 1. The summed E-state index contributed by atoms with van der Waals surface area (Å²) in [5.74, 6) is 0.609. The second-order valence-electron chi connectivity index (χ2n) is 4.88. The third kappa shape index (κ3) is 3.65. The van der Waals surface area contributed by atoms with Crippen molar-refractivity contribution in [2.24, 2.45) is 0 Å². The number of rotatable bonds is 4. The van der Waals surface area contributed by atoms with Crippen LogP contribution in [0.3, 0.4) is 0 Å². The zero-order valence-electron chi connectivity index (χ0n) is 13.1. The quantitative estimate of drug-likeness (QED) is 0.717. The lowest BCUT2D eigenvalue weighted by atomic mass is 10.2. The predicted molar refractivity (Wildman–Crippen MR) is 101 cm³/mol. The molecule has 1 aliphatic rings. The van der Waals surface area contributed by atoms with E-state index >= 15 is 0 Å². The van der Waals surface area contributed by atoms with Gasteiger partial charge in [0.05, 0.1) is 18.2 Å². The summed E-state index contributed by atoms with van der Waals surface area (Å²) in [6.07, 6.45) is 3.16. The number of imide groups is 1. The topological polar surface area (TPSA) is 94.8 Å². The van der Waals surface area contributed by atoms with Crippen molar-refractivity contribution in [3.63, 3.8) is 0 Å². The maximum atomic E-state index is 12.0. The van der Waals surface area contributed by atoms with E-state index in [9.17, 15) is 9.59 Å². The van der Waals surface area contributed by atoms with Crippen LogP contribution >= 0.6 is 39.0 Å². The van der Waals surface area contributed by atoms with Crippen LogP contribution in [-0.2, 0) is 4.79 Å². The molecule has 2 N–H and O–H groups in total. The molecule has 0 spiro atoms. The Morgan fingerprint density at radius 2 is 2.08 bits per heavy atom. The van der Waals surface area contributed by atoms with Gasteiger partial charge in [0.25, 0.3) is 11.1 Å². The number of nitrogen functional groups attached to an aromatic ring is 1. The van der Waals surface area contributed by atoms with Gasteiger partial charge in [0, 0.05) is 11.5 Å². The van der Waals surface area contributed by atoms with Gasteiger partial charge in [-0.3, -0.25) is 14.5 Å². The highest BCUT2D eigenvalue weighted by Gasteiger charge is 2.32. The number of halogens is 1. The molecule has 7 nitrogen and oxygen atoms in total. The van der Waals surface area contributed by atoms with Crippen molar-refractivity contribution in [2.45, 2.75) is 0 Å². The van der Waals surface area contributed by atoms with Crippen LogP contribution in [0.1, 0.15) is 5.56 Å². The third-order valence-corrected chi connectivity index (χ3v) is 5.62. The molecule has 2 amide bonds. The summed E-state index contributed by atoms with van der Waals surface area (Å²) in [5, 5.41) is 0.629.